The first kappa shape index (κ1) is 26.9. The smallest absolute Gasteiger partial charge is 0.254 e. The van der Waals surface area contributed by atoms with Crippen molar-refractivity contribution in [1.82, 2.24) is 14.9 Å². The summed E-state index contributed by atoms with van der Waals surface area (Å²) in [5.41, 5.74) is 1.16. The summed E-state index contributed by atoms with van der Waals surface area (Å²) in [4.78, 5) is 35.6. The standard InChI is InChI=1S/C27H33N5O3S2/c1-6-22(33)30-19-11-8-18(9-12-19)25(34)32-15-20(10-7-17(32)2)31-26-29-14-24(37-26)36-16-23-28-13-21(35-23)27(3,4)5/h6,8-9,11-14,17,20H,1,7,10,15-16H2,2-5H3,(H,29,31)(H,30,33)/t17-,20+/m0/s1. The van der Waals surface area contributed by atoms with Crippen molar-refractivity contribution in [2.24, 2.45) is 0 Å². The van der Waals surface area contributed by atoms with Crippen LogP contribution in [0.2, 0.25) is 0 Å². The van der Waals surface area contributed by atoms with Crippen molar-refractivity contribution in [3.05, 3.63) is 66.5 Å². The lowest BCUT2D eigenvalue weighted by molar-refractivity contribution is -0.111. The Morgan fingerprint density at radius 2 is 1.97 bits per heavy atom. The first-order valence-electron chi connectivity index (χ1n) is 12.3. The number of rotatable bonds is 8. The number of carbonyl (C=O) groups excluding carboxylic acids is 2. The number of aromatic nitrogens is 2. The Hall–Kier alpha value is -3.11. The van der Waals surface area contributed by atoms with E-state index in [-0.39, 0.29) is 29.3 Å². The molecule has 8 nitrogen and oxygen atoms in total. The minimum Gasteiger partial charge on any atom is -0.444 e. The number of nitrogens with zero attached hydrogens (tertiary/aromatic N) is 3. The van der Waals surface area contributed by atoms with Gasteiger partial charge in [-0.25, -0.2) is 9.97 Å². The Balaban J connectivity index is 1.32. The first-order chi connectivity index (χ1) is 17.6. The lowest BCUT2D eigenvalue weighted by Gasteiger charge is -2.38. The zero-order valence-electron chi connectivity index (χ0n) is 21.6. The predicted octanol–water partition coefficient (Wildman–Crippen LogP) is 5.95. The Morgan fingerprint density at radius 1 is 1.22 bits per heavy atom. The average molecular weight is 540 g/mol. The van der Waals surface area contributed by atoms with E-state index in [4.69, 9.17) is 4.42 Å². The molecule has 10 heteroatoms. The van der Waals surface area contributed by atoms with Crippen LogP contribution in [-0.2, 0) is 16.0 Å². The summed E-state index contributed by atoms with van der Waals surface area (Å²) in [5.74, 6) is 1.95. The number of hydrogen-bond acceptors (Lipinski definition) is 8. The van der Waals surface area contributed by atoms with Gasteiger partial charge in [0.25, 0.3) is 5.91 Å². The van der Waals surface area contributed by atoms with E-state index in [9.17, 15) is 9.59 Å². The number of piperidine rings is 1. The molecule has 0 saturated carbocycles. The monoisotopic (exact) mass is 539 g/mol. The largest absolute Gasteiger partial charge is 0.444 e. The lowest BCUT2D eigenvalue weighted by atomic mass is 9.94. The van der Waals surface area contributed by atoms with E-state index in [1.165, 1.54) is 6.08 Å². The van der Waals surface area contributed by atoms with E-state index in [2.05, 4.69) is 54.9 Å². The maximum absolute atomic E-state index is 13.2. The number of nitrogens with one attached hydrogen (secondary N) is 2. The van der Waals surface area contributed by atoms with Crippen LogP contribution in [0.15, 0.2) is 57.9 Å². The minimum absolute atomic E-state index is 0.0171. The first-order valence-corrected chi connectivity index (χ1v) is 14.1. The highest BCUT2D eigenvalue weighted by Gasteiger charge is 2.30. The number of anilines is 2. The number of amides is 2. The van der Waals surface area contributed by atoms with Gasteiger partial charge in [0.1, 0.15) is 5.76 Å². The van der Waals surface area contributed by atoms with Crippen LogP contribution in [0.3, 0.4) is 0 Å². The molecule has 2 atom stereocenters. The van der Waals surface area contributed by atoms with Gasteiger partial charge in [0.15, 0.2) is 5.13 Å². The molecule has 1 saturated heterocycles. The summed E-state index contributed by atoms with van der Waals surface area (Å²) in [7, 11) is 0. The highest BCUT2D eigenvalue weighted by molar-refractivity contribution is 8.00. The molecule has 0 radical (unpaired) electrons. The summed E-state index contributed by atoms with van der Waals surface area (Å²) in [5, 5.41) is 7.07. The number of likely N-dealkylation sites (tertiary alicyclic amines) is 1. The molecule has 2 aromatic heterocycles. The molecule has 2 amide bonds. The molecule has 1 aromatic carbocycles. The van der Waals surface area contributed by atoms with E-state index in [0.29, 0.717) is 29.4 Å². The molecule has 4 rings (SSSR count). The molecule has 3 aromatic rings. The zero-order valence-corrected chi connectivity index (χ0v) is 23.2. The number of hydrogen-bond donors (Lipinski definition) is 2. The van der Waals surface area contributed by atoms with Gasteiger partial charge in [0.2, 0.25) is 11.8 Å². The Morgan fingerprint density at radius 3 is 2.65 bits per heavy atom. The minimum atomic E-state index is -0.284. The maximum atomic E-state index is 13.2. The number of thiazole rings is 1. The van der Waals surface area contributed by atoms with Crippen molar-refractivity contribution >= 4 is 45.7 Å². The van der Waals surface area contributed by atoms with Crippen LogP contribution in [0.25, 0.3) is 0 Å². The van der Waals surface area contributed by atoms with E-state index >= 15 is 0 Å². The second-order valence-electron chi connectivity index (χ2n) is 10.1. The highest BCUT2D eigenvalue weighted by atomic mass is 32.2. The van der Waals surface area contributed by atoms with Crippen molar-refractivity contribution in [2.75, 3.05) is 17.2 Å². The van der Waals surface area contributed by atoms with Crippen molar-refractivity contribution in [2.45, 2.75) is 68.0 Å². The molecule has 0 aliphatic carbocycles. The maximum Gasteiger partial charge on any atom is 0.254 e. The topological polar surface area (TPSA) is 100 Å². The third-order valence-corrected chi connectivity index (χ3v) is 8.28. The fourth-order valence-corrected chi connectivity index (χ4v) is 5.79. The van der Waals surface area contributed by atoms with Gasteiger partial charge in [-0.2, -0.15) is 0 Å². The fraction of sp³-hybridized carbons (Fsp3) is 0.407. The van der Waals surface area contributed by atoms with Gasteiger partial charge >= 0.3 is 0 Å². The van der Waals surface area contributed by atoms with Crippen LogP contribution in [0.5, 0.6) is 0 Å². The molecule has 0 spiro atoms. The highest BCUT2D eigenvalue weighted by Crippen LogP contribution is 2.33. The third kappa shape index (κ3) is 7.01. The molecule has 2 N–H and O–H groups in total. The summed E-state index contributed by atoms with van der Waals surface area (Å²) < 4.78 is 6.97. The average Bonchev–Trinajstić information content (AvgIpc) is 3.53. The number of thioether (sulfide) groups is 1. The molecule has 1 aliphatic heterocycles. The lowest BCUT2D eigenvalue weighted by Crippen LogP contribution is -2.49. The quantitative estimate of drug-likeness (QED) is 0.269. The molecular formula is C27H33N5O3S2. The zero-order chi connectivity index (χ0) is 26.6. The summed E-state index contributed by atoms with van der Waals surface area (Å²) in [6, 6.07) is 7.22. The number of oxazole rings is 1. The van der Waals surface area contributed by atoms with E-state index < -0.39 is 0 Å². The second kappa shape index (κ2) is 11.5. The number of benzene rings is 1. The summed E-state index contributed by atoms with van der Waals surface area (Å²) in [6.07, 6.45) is 6.76. The van der Waals surface area contributed by atoms with Gasteiger partial charge in [-0.05, 0) is 50.1 Å². The normalized spacial score (nSPS) is 17.9. The van der Waals surface area contributed by atoms with Gasteiger partial charge in [0.05, 0.1) is 22.4 Å². The van der Waals surface area contributed by atoms with Crippen molar-refractivity contribution < 1.29 is 14.0 Å². The molecule has 1 fully saturated rings. The van der Waals surface area contributed by atoms with Crippen LogP contribution in [0.4, 0.5) is 10.8 Å². The van der Waals surface area contributed by atoms with E-state index in [1.54, 1.807) is 47.4 Å². The molecule has 37 heavy (non-hydrogen) atoms. The van der Waals surface area contributed by atoms with Crippen LogP contribution in [0.1, 0.15) is 62.5 Å². The predicted molar refractivity (Wildman–Crippen MR) is 149 cm³/mol. The Kier molecular flexibility index (Phi) is 8.39. The molecular weight excluding hydrogens is 506 g/mol. The molecule has 1 aliphatic rings. The van der Waals surface area contributed by atoms with E-state index in [1.807, 2.05) is 17.3 Å². The molecule has 3 heterocycles. The van der Waals surface area contributed by atoms with Gasteiger partial charge in [-0.1, -0.05) is 38.7 Å². The van der Waals surface area contributed by atoms with Crippen LogP contribution in [-0.4, -0.2) is 45.3 Å². The molecule has 196 valence electrons. The van der Waals surface area contributed by atoms with Gasteiger partial charge in [0, 0.05) is 35.3 Å². The Labute approximate surface area is 226 Å². The van der Waals surface area contributed by atoms with Crippen molar-refractivity contribution in [1.29, 1.82) is 0 Å². The van der Waals surface area contributed by atoms with Crippen molar-refractivity contribution in [3.63, 3.8) is 0 Å². The number of carbonyl (C=O) groups is 2. The summed E-state index contributed by atoms with van der Waals surface area (Å²) in [6.45, 7) is 12.4. The summed E-state index contributed by atoms with van der Waals surface area (Å²) >= 11 is 3.25. The third-order valence-electron chi connectivity index (χ3n) is 6.17. The van der Waals surface area contributed by atoms with Crippen LogP contribution >= 0.6 is 23.1 Å². The Bertz CT molecular complexity index is 1250. The van der Waals surface area contributed by atoms with Gasteiger partial charge < -0.3 is 20.0 Å². The SMILES string of the molecule is C=CC(=O)Nc1ccc(C(=O)N2C[C@H](Nc3ncc(SCc4ncc(C(C)(C)C)o4)s3)CC[C@@H]2C)cc1. The van der Waals surface area contributed by atoms with Gasteiger partial charge in [-0.15, -0.1) is 11.8 Å². The van der Waals surface area contributed by atoms with E-state index in [0.717, 1.165) is 27.9 Å². The molecule has 0 bridgehead atoms. The van der Waals surface area contributed by atoms with Crippen LogP contribution in [0, 0.1) is 0 Å². The second-order valence-corrected chi connectivity index (χ2v) is 12.4. The van der Waals surface area contributed by atoms with Gasteiger partial charge in [-0.3, -0.25) is 9.59 Å². The van der Waals surface area contributed by atoms with Crippen molar-refractivity contribution in [3.8, 4) is 0 Å². The van der Waals surface area contributed by atoms with Crippen LogP contribution < -0.4 is 10.6 Å². The fourth-order valence-electron chi connectivity index (χ4n) is 3.99. The molecule has 0 unspecified atom stereocenters.